The van der Waals surface area contributed by atoms with E-state index in [4.69, 9.17) is 0 Å². The Labute approximate surface area is 234 Å². The molecule has 4 aromatic rings. The molecule has 3 aromatic carbocycles. The topological polar surface area (TPSA) is 109 Å². The summed E-state index contributed by atoms with van der Waals surface area (Å²) >= 11 is 0. The Hall–Kier alpha value is -4.14. The first-order valence-electron chi connectivity index (χ1n) is 14.0. The van der Waals surface area contributed by atoms with Crippen molar-refractivity contribution in [3.05, 3.63) is 95.7 Å². The fraction of sp³-hybridized carbons (Fsp3) is 0.312. The number of anilines is 2. The van der Waals surface area contributed by atoms with Gasteiger partial charge in [0, 0.05) is 61.3 Å². The molecule has 2 heterocycles. The van der Waals surface area contributed by atoms with Gasteiger partial charge in [0.1, 0.15) is 0 Å². The Kier molecular flexibility index (Phi) is 8.78. The molecule has 0 bridgehead atoms. The number of carbonyl (C=O) groups excluding carboxylic acids is 2. The van der Waals surface area contributed by atoms with Crippen molar-refractivity contribution in [2.75, 3.05) is 29.9 Å². The highest BCUT2D eigenvalue weighted by Gasteiger charge is 2.25. The van der Waals surface area contributed by atoms with Crippen LogP contribution in [0.1, 0.15) is 41.3 Å². The number of fused-ring (bicyclic) bond motifs is 1. The third-order valence-electron chi connectivity index (χ3n) is 7.33. The van der Waals surface area contributed by atoms with E-state index in [1.54, 1.807) is 17.0 Å². The largest absolute Gasteiger partial charge is 0.390 e. The molecule has 8 nitrogen and oxygen atoms in total. The summed E-state index contributed by atoms with van der Waals surface area (Å²) in [4.78, 5) is 30.9. The number of aromatic amines is 1. The number of nitrogens with one attached hydrogen (secondary N) is 4. The van der Waals surface area contributed by atoms with Gasteiger partial charge in [-0.15, -0.1) is 0 Å². The monoisotopic (exact) mass is 539 g/mol. The SMILES string of the molecule is CCNc1cc(C(=O)N[C@@H](Cc2ccccc2)[C@@H](O)CNCc2ccc3[nH]ccc3c2)cc(N2CCCC2=O)c1. The van der Waals surface area contributed by atoms with E-state index in [0.29, 0.717) is 50.3 Å². The minimum atomic E-state index is -0.822. The van der Waals surface area contributed by atoms with E-state index in [2.05, 4.69) is 33.1 Å². The van der Waals surface area contributed by atoms with Crippen molar-refractivity contribution < 1.29 is 14.7 Å². The summed E-state index contributed by atoms with van der Waals surface area (Å²) < 4.78 is 0. The zero-order valence-electron chi connectivity index (χ0n) is 22.8. The molecule has 8 heteroatoms. The number of amides is 2. The summed E-state index contributed by atoms with van der Waals surface area (Å²) in [6, 6.07) is 23.1. The number of hydrogen-bond acceptors (Lipinski definition) is 5. The highest BCUT2D eigenvalue weighted by Crippen LogP contribution is 2.27. The van der Waals surface area contributed by atoms with E-state index < -0.39 is 12.1 Å². The normalized spacial score (nSPS) is 14.8. The minimum absolute atomic E-state index is 0.0686. The molecule has 0 spiro atoms. The number of hydrogen-bond donors (Lipinski definition) is 5. The second-order valence-corrected chi connectivity index (χ2v) is 10.3. The van der Waals surface area contributed by atoms with Crippen LogP contribution < -0.4 is 20.9 Å². The molecule has 0 radical (unpaired) electrons. The molecular weight excluding hydrogens is 502 g/mol. The van der Waals surface area contributed by atoms with Crippen LogP contribution in [0.3, 0.4) is 0 Å². The van der Waals surface area contributed by atoms with Gasteiger partial charge in [-0.05, 0) is 72.7 Å². The number of rotatable bonds is 12. The van der Waals surface area contributed by atoms with Crippen LogP contribution >= 0.6 is 0 Å². The third-order valence-corrected chi connectivity index (χ3v) is 7.33. The predicted octanol–water partition coefficient (Wildman–Crippen LogP) is 4.22. The Morgan fingerprint density at radius 3 is 2.67 bits per heavy atom. The van der Waals surface area contributed by atoms with Gasteiger partial charge in [-0.2, -0.15) is 0 Å². The van der Waals surface area contributed by atoms with E-state index in [0.717, 1.165) is 34.1 Å². The van der Waals surface area contributed by atoms with Crippen molar-refractivity contribution in [2.45, 2.75) is 44.9 Å². The fourth-order valence-corrected chi connectivity index (χ4v) is 5.25. The molecule has 2 atom stereocenters. The summed E-state index contributed by atoms with van der Waals surface area (Å²) in [6.07, 6.45) is 2.90. The molecule has 40 heavy (non-hydrogen) atoms. The highest BCUT2D eigenvalue weighted by atomic mass is 16.3. The predicted molar refractivity (Wildman–Crippen MR) is 160 cm³/mol. The Balaban J connectivity index is 1.30. The molecule has 5 N–H and O–H groups in total. The Morgan fingerprint density at radius 1 is 1.05 bits per heavy atom. The van der Waals surface area contributed by atoms with Crippen molar-refractivity contribution in [3.63, 3.8) is 0 Å². The fourth-order valence-electron chi connectivity index (χ4n) is 5.25. The van der Waals surface area contributed by atoms with Crippen molar-refractivity contribution >= 4 is 34.1 Å². The number of carbonyl (C=O) groups is 2. The maximum atomic E-state index is 13.6. The number of aromatic nitrogens is 1. The van der Waals surface area contributed by atoms with Gasteiger partial charge in [0.05, 0.1) is 12.1 Å². The molecule has 1 saturated heterocycles. The summed E-state index contributed by atoms with van der Waals surface area (Å²) in [7, 11) is 0. The second kappa shape index (κ2) is 12.8. The van der Waals surface area contributed by atoms with E-state index in [9.17, 15) is 14.7 Å². The molecule has 1 aliphatic heterocycles. The molecule has 1 fully saturated rings. The second-order valence-electron chi connectivity index (χ2n) is 10.3. The first-order valence-corrected chi connectivity index (χ1v) is 14.0. The van der Waals surface area contributed by atoms with E-state index in [-0.39, 0.29) is 11.8 Å². The van der Waals surface area contributed by atoms with Gasteiger partial charge in [-0.1, -0.05) is 36.4 Å². The van der Waals surface area contributed by atoms with Crippen LogP contribution in [0, 0.1) is 0 Å². The number of aliphatic hydroxyl groups excluding tert-OH is 1. The van der Waals surface area contributed by atoms with Gasteiger partial charge >= 0.3 is 0 Å². The first-order chi connectivity index (χ1) is 19.5. The van der Waals surface area contributed by atoms with Gasteiger partial charge in [0.25, 0.3) is 5.91 Å². The third kappa shape index (κ3) is 6.70. The van der Waals surface area contributed by atoms with Crippen molar-refractivity contribution in [1.82, 2.24) is 15.6 Å². The quantitative estimate of drug-likeness (QED) is 0.185. The van der Waals surface area contributed by atoms with Gasteiger partial charge in [0.15, 0.2) is 0 Å². The molecule has 1 aliphatic rings. The van der Waals surface area contributed by atoms with Gasteiger partial charge in [-0.25, -0.2) is 0 Å². The minimum Gasteiger partial charge on any atom is -0.390 e. The Bertz CT molecular complexity index is 1450. The van der Waals surface area contributed by atoms with Gasteiger partial charge < -0.3 is 30.9 Å². The number of H-pyrrole nitrogens is 1. The van der Waals surface area contributed by atoms with Crippen LogP contribution in [0.2, 0.25) is 0 Å². The standard InChI is InChI=1S/C32H37N5O3/c1-2-34-26-17-25(18-27(19-26)37-14-6-9-31(37)39)32(40)36-29(16-22-7-4-3-5-8-22)30(38)21-33-20-23-10-11-28-24(15-23)12-13-35-28/h3-5,7-8,10-13,15,17-19,29-30,33-35,38H,2,6,9,14,16,20-21H2,1H3,(H,36,40)/t29-,30-/m0/s1. The lowest BCUT2D eigenvalue weighted by molar-refractivity contribution is -0.117. The molecular formula is C32H37N5O3. The number of benzene rings is 3. The van der Waals surface area contributed by atoms with Crippen LogP contribution in [0.5, 0.6) is 0 Å². The first kappa shape index (κ1) is 27.4. The zero-order chi connectivity index (χ0) is 27.9. The maximum Gasteiger partial charge on any atom is 0.251 e. The molecule has 1 aromatic heterocycles. The van der Waals surface area contributed by atoms with Gasteiger partial charge in [-0.3, -0.25) is 9.59 Å². The summed E-state index contributed by atoms with van der Waals surface area (Å²) in [6.45, 7) is 4.24. The van der Waals surface area contributed by atoms with Crippen LogP contribution in [-0.2, 0) is 17.8 Å². The van der Waals surface area contributed by atoms with Crippen molar-refractivity contribution in [2.24, 2.45) is 0 Å². The average molecular weight is 540 g/mol. The van der Waals surface area contributed by atoms with Crippen LogP contribution in [0.25, 0.3) is 10.9 Å². The summed E-state index contributed by atoms with van der Waals surface area (Å²) in [5, 5.41) is 22.1. The van der Waals surface area contributed by atoms with Crippen LogP contribution in [0.15, 0.2) is 79.0 Å². The lowest BCUT2D eigenvalue weighted by Gasteiger charge is -2.25. The smallest absolute Gasteiger partial charge is 0.251 e. The molecule has 208 valence electrons. The molecule has 0 saturated carbocycles. The van der Waals surface area contributed by atoms with Crippen LogP contribution in [0.4, 0.5) is 11.4 Å². The maximum absolute atomic E-state index is 13.6. The molecule has 2 amide bonds. The highest BCUT2D eigenvalue weighted by molar-refractivity contribution is 6.00. The lowest BCUT2D eigenvalue weighted by Crippen LogP contribution is -2.48. The molecule has 0 aliphatic carbocycles. The van der Waals surface area contributed by atoms with Crippen molar-refractivity contribution in [3.8, 4) is 0 Å². The van der Waals surface area contributed by atoms with E-state index >= 15 is 0 Å². The number of nitrogens with zero attached hydrogens (tertiary/aromatic N) is 1. The van der Waals surface area contributed by atoms with Crippen LogP contribution in [-0.4, -0.2) is 53.7 Å². The average Bonchev–Trinajstić information content (AvgIpc) is 3.61. The molecule has 0 unspecified atom stereocenters. The zero-order valence-corrected chi connectivity index (χ0v) is 22.8. The van der Waals surface area contributed by atoms with Gasteiger partial charge in [0.2, 0.25) is 5.91 Å². The van der Waals surface area contributed by atoms with Crippen molar-refractivity contribution in [1.29, 1.82) is 0 Å². The number of aliphatic hydroxyl groups is 1. The molecule has 5 rings (SSSR count). The van der Waals surface area contributed by atoms with E-state index in [1.165, 1.54) is 0 Å². The summed E-state index contributed by atoms with van der Waals surface area (Å²) in [5.74, 6) is -0.218. The van der Waals surface area contributed by atoms with E-state index in [1.807, 2.05) is 61.7 Å². The summed E-state index contributed by atoms with van der Waals surface area (Å²) in [5.41, 5.74) is 5.18. The Morgan fingerprint density at radius 2 is 1.90 bits per heavy atom. The lowest BCUT2D eigenvalue weighted by atomic mass is 10.00.